The molecule has 0 aromatic carbocycles. The molecule has 68 valence electrons. The van der Waals surface area contributed by atoms with Crippen molar-refractivity contribution in [3.05, 3.63) is 23.5 Å². The average Bonchev–Trinajstić information content (AvgIpc) is 2.32. The van der Waals surface area contributed by atoms with E-state index in [1.165, 1.54) is 12.3 Å². The van der Waals surface area contributed by atoms with Crippen LogP contribution in [-0.4, -0.2) is 11.2 Å². The Morgan fingerprint density at radius 2 is 2.08 bits per heavy atom. The fraction of sp³-hybridized carbons (Fsp3) is 0.429. The second-order valence-electron chi connectivity index (χ2n) is 2.65. The molecule has 1 heterocycles. The number of nitrogens with one attached hydrogen (secondary N) is 1. The van der Waals surface area contributed by atoms with Gasteiger partial charge >= 0.3 is 6.18 Å². The van der Waals surface area contributed by atoms with Gasteiger partial charge in [0, 0.05) is 11.9 Å². The molecule has 0 spiro atoms. The van der Waals surface area contributed by atoms with Crippen molar-refractivity contribution in [2.24, 2.45) is 5.73 Å². The standard InChI is InChI=1S/C7H9F3N2/c1-4-2-5(12-3-4)6(11)7(8,9)10/h2-3,6,12H,11H2,1H3. The van der Waals surface area contributed by atoms with Crippen LogP contribution >= 0.6 is 0 Å². The third-order valence-electron chi connectivity index (χ3n) is 1.54. The predicted molar refractivity (Wildman–Crippen MR) is 38.5 cm³/mol. The molecule has 1 aromatic rings. The molecule has 0 aliphatic rings. The number of alkyl halides is 3. The van der Waals surface area contributed by atoms with Gasteiger partial charge in [0.15, 0.2) is 0 Å². The minimum absolute atomic E-state index is 0.000000000000000444. The quantitative estimate of drug-likeness (QED) is 0.677. The third-order valence-corrected chi connectivity index (χ3v) is 1.54. The monoisotopic (exact) mass is 178 g/mol. The van der Waals surface area contributed by atoms with Gasteiger partial charge < -0.3 is 10.7 Å². The Labute approximate surface area is 67.6 Å². The van der Waals surface area contributed by atoms with Gasteiger partial charge in [-0.3, -0.25) is 0 Å². The van der Waals surface area contributed by atoms with Gasteiger partial charge in [0.2, 0.25) is 0 Å². The number of aromatic amines is 1. The van der Waals surface area contributed by atoms with Crippen LogP contribution in [0, 0.1) is 6.92 Å². The molecule has 0 aliphatic carbocycles. The Hall–Kier alpha value is -0.970. The second-order valence-corrected chi connectivity index (χ2v) is 2.65. The van der Waals surface area contributed by atoms with Crippen molar-refractivity contribution in [3.8, 4) is 0 Å². The minimum Gasteiger partial charge on any atom is -0.363 e. The minimum atomic E-state index is -4.38. The summed E-state index contributed by atoms with van der Waals surface area (Å²) in [6.45, 7) is 1.70. The zero-order chi connectivity index (χ0) is 9.35. The van der Waals surface area contributed by atoms with E-state index in [2.05, 4.69) is 4.98 Å². The zero-order valence-corrected chi connectivity index (χ0v) is 6.44. The molecule has 12 heavy (non-hydrogen) atoms. The lowest BCUT2D eigenvalue weighted by Crippen LogP contribution is -2.28. The number of hydrogen-bond donors (Lipinski definition) is 2. The average molecular weight is 178 g/mol. The van der Waals surface area contributed by atoms with E-state index in [0.29, 0.717) is 0 Å². The van der Waals surface area contributed by atoms with Gasteiger partial charge in [-0.1, -0.05) is 0 Å². The van der Waals surface area contributed by atoms with Crippen LogP contribution in [0.15, 0.2) is 12.3 Å². The molecule has 0 saturated heterocycles. The van der Waals surface area contributed by atoms with Crippen LogP contribution in [0.3, 0.4) is 0 Å². The first-order valence-electron chi connectivity index (χ1n) is 3.38. The van der Waals surface area contributed by atoms with Gasteiger partial charge in [0.25, 0.3) is 0 Å². The largest absolute Gasteiger partial charge is 0.409 e. The third kappa shape index (κ3) is 1.79. The molecule has 0 fully saturated rings. The normalized spacial score (nSPS) is 14.8. The molecule has 1 unspecified atom stereocenters. The maximum atomic E-state index is 12.0. The second kappa shape index (κ2) is 2.82. The molecule has 1 atom stereocenters. The summed E-state index contributed by atoms with van der Waals surface area (Å²) in [5.74, 6) is 0. The highest BCUT2D eigenvalue weighted by molar-refractivity contribution is 5.18. The summed E-state index contributed by atoms with van der Waals surface area (Å²) in [4.78, 5) is 2.47. The van der Waals surface area contributed by atoms with Crippen LogP contribution in [0.5, 0.6) is 0 Å². The van der Waals surface area contributed by atoms with Crippen molar-refractivity contribution in [1.29, 1.82) is 0 Å². The molecule has 1 rings (SSSR count). The molecule has 0 radical (unpaired) electrons. The smallest absolute Gasteiger partial charge is 0.363 e. The summed E-state index contributed by atoms with van der Waals surface area (Å²) in [5.41, 5.74) is 5.67. The number of aryl methyl sites for hydroxylation is 1. The van der Waals surface area contributed by atoms with Crippen molar-refractivity contribution in [1.82, 2.24) is 4.98 Å². The first-order chi connectivity index (χ1) is 5.41. The molecule has 0 amide bonds. The Morgan fingerprint density at radius 3 is 2.42 bits per heavy atom. The fourth-order valence-corrected chi connectivity index (χ4v) is 0.882. The maximum absolute atomic E-state index is 12.0. The SMILES string of the molecule is Cc1c[nH]c(C(N)C(F)(F)F)c1. The summed E-state index contributed by atoms with van der Waals surface area (Å²) in [7, 11) is 0. The summed E-state index contributed by atoms with van der Waals surface area (Å²) in [6, 6.07) is -0.524. The highest BCUT2D eigenvalue weighted by Crippen LogP contribution is 2.29. The molecule has 3 N–H and O–H groups in total. The Balaban J connectivity index is 2.85. The van der Waals surface area contributed by atoms with Gasteiger partial charge in [-0.25, -0.2) is 0 Å². The van der Waals surface area contributed by atoms with E-state index < -0.39 is 12.2 Å². The van der Waals surface area contributed by atoms with Gasteiger partial charge in [-0.05, 0) is 18.6 Å². The van der Waals surface area contributed by atoms with E-state index >= 15 is 0 Å². The van der Waals surface area contributed by atoms with Crippen molar-refractivity contribution in [3.63, 3.8) is 0 Å². The van der Waals surface area contributed by atoms with Crippen LogP contribution in [0.2, 0.25) is 0 Å². The summed E-state index contributed by atoms with van der Waals surface area (Å²) >= 11 is 0. The highest BCUT2D eigenvalue weighted by Gasteiger charge is 2.38. The first-order valence-corrected chi connectivity index (χ1v) is 3.38. The van der Waals surface area contributed by atoms with Gasteiger partial charge in [0.1, 0.15) is 6.04 Å². The Bertz CT molecular complexity index is 264. The molecular formula is C7H9F3N2. The van der Waals surface area contributed by atoms with Crippen LogP contribution in [0.4, 0.5) is 13.2 Å². The molecule has 5 heteroatoms. The van der Waals surface area contributed by atoms with E-state index in [1.807, 2.05) is 0 Å². The van der Waals surface area contributed by atoms with Crippen LogP contribution in [-0.2, 0) is 0 Å². The number of halogens is 3. The molecular weight excluding hydrogens is 169 g/mol. The summed E-state index contributed by atoms with van der Waals surface area (Å²) in [5, 5.41) is 0. The fourth-order valence-electron chi connectivity index (χ4n) is 0.882. The van der Waals surface area contributed by atoms with Crippen molar-refractivity contribution >= 4 is 0 Å². The van der Waals surface area contributed by atoms with Gasteiger partial charge in [0.05, 0.1) is 0 Å². The van der Waals surface area contributed by atoms with Gasteiger partial charge in [-0.2, -0.15) is 13.2 Å². The highest BCUT2D eigenvalue weighted by atomic mass is 19.4. The van der Waals surface area contributed by atoms with E-state index in [4.69, 9.17) is 5.73 Å². The lowest BCUT2D eigenvalue weighted by Gasteiger charge is -2.13. The molecule has 0 saturated carbocycles. The van der Waals surface area contributed by atoms with E-state index in [0.717, 1.165) is 5.56 Å². The number of rotatable bonds is 1. The molecule has 2 nitrogen and oxygen atoms in total. The van der Waals surface area contributed by atoms with Crippen LogP contribution in [0.25, 0.3) is 0 Å². The Morgan fingerprint density at radius 1 is 1.50 bits per heavy atom. The first kappa shape index (κ1) is 9.12. The Kier molecular flexibility index (Phi) is 2.14. The molecule has 0 aliphatic heterocycles. The van der Waals surface area contributed by atoms with Crippen molar-refractivity contribution < 1.29 is 13.2 Å². The van der Waals surface area contributed by atoms with E-state index in [9.17, 15) is 13.2 Å². The molecule has 0 bridgehead atoms. The number of H-pyrrole nitrogens is 1. The zero-order valence-electron chi connectivity index (χ0n) is 6.44. The topological polar surface area (TPSA) is 41.8 Å². The van der Waals surface area contributed by atoms with Crippen molar-refractivity contribution in [2.45, 2.75) is 19.1 Å². The van der Waals surface area contributed by atoms with Crippen LogP contribution < -0.4 is 5.73 Å². The number of aromatic nitrogens is 1. The number of hydrogen-bond acceptors (Lipinski definition) is 1. The van der Waals surface area contributed by atoms with E-state index in [-0.39, 0.29) is 5.69 Å². The number of nitrogens with two attached hydrogens (primary N) is 1. The maximum Gasteiger partial charge on any atom is 0.409 e. The van der Waals surface area contributed by atoms with E-state index in [1.54, 1.807) is 6.92 Å². The lowest BCUT2D eigenvalue weighted by atomic mass is 10.2. The summed E-state index contributed by atoms with van der Waals surface area (Å²) in [6.07, 6.45) is -2.89. The van der Waals surface area contributed by atoms with Gasteiger partial charge in [-0.15, -0.1) is 0 Å². The molecule has 1 aromatic heterocycles. The lowest BCUT2D eigenvalue weighted by molar-refractivity contribution is -0.149. The van der Waals surface area contributed by atoms with Crippen LogP contribution in [0.1, 0.15) is 17.3 Å². The predicted octanol–water partition coefficient (Wildman–Crippen LogP) is 1.89. The van der Waals surface area contributed by atoms with Crippen molar-refractivity contribution in [2.75, 3.05) is 0 Å². The summed E-state index contributed by atoms with van der Waals surface area (Å²) < 4.78 is 36.0.